The van der Waals surface area contributed by atoms with Gasteiger partial charge in [0.2, 0.25) is 0 Å². The van der Waals surface area contributed by atoms with E-state index in [2.05, 4.69) is 37.7 Å². The number of nitrogens with zero attached hydrogens (tertiary/aromatic N) is 2. The quantitative estimate of drug-likeness (QED) is 0.340. The van der Waals surface area contributed by atoms with Crippen molar-refractivity contribution in [1.29, 1.82) is 0 Å². The Bertz CT molecular complexity index is 1110. The maximum absolute atomic E-state index is 12.5. The van der Waals surface area contributed by atoms with Gasteiger partial charge >= 0.3 is 6.03 Å². The number of urea groups is 1. The Morgan fingerprint density at radius 1 is 1.00 bits per heavy atom. The van der Waals surface area contributed by atoms with E-state index in [1.54, 1.807) is 6.20 Å². The summed E-state index contributed by atoms with van der Waals surface area (Å²) in [6.07, 6.45) is 6.20. The van der Waals surface area contributed by atoms with Crippen molar-refractivity contribution in [2.75, 3.05) is 5.32 Å². The minimum absolute atomic E-state index is 0.213. The Balaban J connectivity index is 1.32. The minimum Gasteiger partial charge on any atom is -0.340 e. The number of imidazole rings is 1. The normalized spacial score (nSPS) is 11.8. The largest absolute Gasteiger partial charge is 0.340 e. The molecule has 2 aromatic carbocycles. The van der Waals surface area contributed by atoms with Crippen LogP contribution in [0, 0.1) is 0 Å². The van der Waals surface area contributed by atoms with E-state index in [0.717, 1.165) is 41.2 Å². The molecule has 6 nitrogen and oxygen atoms in total. The molecule has 1 unspecified atom stereocenters. The molecule has 0 bridgehead atoms. The number of aromatic amines is 1. The second-order valence-corrected chi connectivity index (χ2v) is 8.34. The summed E-state index contributed by atoms with van der Waals surface area (Å²) in [7, 11) is 0. The number of carbonyl (C=O) groups is 1. The van der Waals surface area contributed by atoms with E-state index >= 15 is 0 Å². The first-order chi connectivity index (χ1) is 15.2. The first kappa shape index (κ1) is 20.8. The van der Waals surface area contributed by atoms with Crippen molar-refractivity contribution in [3.05, 3.63) is 89.3 Å². The fourth-order valence-electron chi connectivity index (χ4n) is 3.33. The molecule has 7 heteroatoms. The molecule has 4 rings (SSSR count). The van der Waals surface area contributed by atoms with Crippen molar-refractivity contribution in [1.82, 2.24) is 20.3 Å². The van der Waals surface area contributed by atoms with Crippen LogP contribution in [0.2, 0.25) is 0 Å². The molecule has 0 radical (unpaired) electrons. The Labute approximate surface area is 185 Å². The fraction of sp³-hybridized carbons (Fsp3) is 0.208. The van der Waals surface area contributed by atoms with Crippen LogP contribution in [0.25, 0.3) is 11.3 Å². The van der Waals surface area contributed by atoms with E-state index in [1.165, 1.54) is 16.9 Å². The summed E-state index contributed by atoms with van der Waals surface area (Å²) < 4.78 is 0. The zero-order chi connectivity index (χ0) is 21.5. The summed E-state index contributed by atoms with van der Waals surface area (Å²) >= 11 is 1.51. The molecule has 0 aliphatic heterocycles. The van der Waals surface area contributed by atoms with Gasteiger partial charge in [-0.3, -0.25) is 5.32 Å². The number of anilines is 1. The van der Waals surface area contributed by atoms with Gasteiger partial charge in [-0.25, -0.2) is 14.8 Å². The van der Waals surface area contributed by atoms with Gasteiger partial charge in [-0.05, 0) is 30.4 Å². The highest BCUT2D eigenvalue weighted by atomic mass is 32.1. The summed E-state index contributed by atoms with van der Waals surface area (Å²) in [6.45, 7) is 2.01. The van der Waals surface area contributed by atoms with Crippen LogP contribution in [0.1, 0.15) is 35.7 Å². The van der Waals surface area contributed by atoms with Crippen LogP contribution in [0.3, 0.4) is 0 Å². The maximum Gasteiger partial charge on any atom is 0.321 e. The van der Waals surface area contributed by atoms with Crippen molar-refractivity contribution < 1.29 is 4.79 Å². The van der Waals surface area contributed by atoms with Gasteiger partial charge in [0.25, 0.3) is 0 Å². The highest BCUT2D eigenvalue weighted by Gasteiger charge is 2.17. The van der Waals surface area contributed by atoms with Crippen molar-refractivity contribution >= 4 is 22.5 Å². The average Bonchev–Trinajstić information content (AvgIpc) is 3.47. The number of amides is 2. The lowest BCUT2D eigenvalue weighted by Gasteiger charge is -2.14. The van der Waals surface area contributed by atoms with Gasteiger partial charge in [0, 0.05) is 11.1 Å². The molecular formula is C24H25N5OS. The highest BCUT2D eigenvalue weighted by Crippen LogP contribution is 2.22. The predicted octanol–water partition coefficient (Wildman–Crippen LogP) is 5.59. The predicted molar refractivity (Wildman–Crippen MR) is 125 cm³/mol. The van der Waals surface area contributed by atoms with E-state index < -0.39 is 0 Å². The van der Waals surface area contributed by atoms with E-state index in [-0.39, 0.29) is 12.1 Å². The van der Waals surface area contributed by atoms with Crippen LogP contribution >= 0.6 is 11.3 Å². The second kappa shape index (κ2) is 10.0. The number of thiazole rings is 1. The Morgan fingerprint density at radius 2 is 1.74 bits per heavy atom. The topological polar surface area (TPSA) is 82.7 Å². The average molecular weight is 432 g/mol. The van der Waals surface area contributed by atoms with Gasteiger partial charge < -0.3 is 10.3 Å². The Kier molecular flexibility index (Phi) is 6.74. The molecule has 0 aliphatic rings. The number of aromatic nitrogens is 3. The number of aryl methyl sites for hydroxylation is 2. The summed E-state index contributed by atoms with van der Waals surface area (Å²) in [4.78, 5) is 25.8. The highest BCUT2D eigenvalue weighted by molar-refractivity contribution is 7.15. The summed E-state index contributed by atoms with van der Waals surface area (Å²) in [5.74, 6) is 0.735. The third-order valence-electron chi connectivity index (χ3n) is 5.00. The lowest BCUT2D eigenvalue weighted by Crippen LogP contribution is -2.32. The monoisotopic (exact) mass is 431 g/mol. The van der Waals surface area contributed by atoms with Crippen LogP contribution < -0.4 is 10.6 Å². The first-order valence-corrected chi connectivity index (χ1v) is 11.2. The lowest BCUT2D eigenvalue weighted by atomic mass is 10.1. The summed E-state index contributed by atoms with van der Waals surface area (Å²) in [5, 5.41) is 6.43. The zero-order valence-electron chi connectivity index (χ0n) is 17.3. The molecule has 0 aliphatic carbocycles. The number of hydrogen-bond donors (Lipinski definition) is 3. The van der Waals surface area contributed by atoms with Crippen molar-refractivity contribution in [2.45, 2.75) is 32.2 Å². The molecule has 158 valence electrons. The van der Waals surface area contributed by atoms with Gasteiger partial charge in [-0.15, -0.1) is 11.3 Å². The van der Waals surface area contributed by atoms with Crippen LogP contribution in [0.4, 0.5) is 9.93 Å². The van der Waals surface area contributed by atoms with Gasteiger partial charge in [0.15, 0.2) is 5.13 Å². The third-order valence-corrected chi connectivity index (χ3v) is 5.97. The van der Waals surface area contributed by atoms with E-state index in [1.807, 2.05) is 61.7 Å². The maximum atomic E-state index is 12.5. The summed E-state index contributed by atoms with van der Waals surface area (Å²) in [6, 6.07) is 19.9. The molecule has 4 aromatic rings. The first-order valence-electron chi connectivity index (χ1n) is 10.4. The van der Waals surface area contributed by atoms with Crippen LogP contribution in [-0.4, -0.2) is 21.0 Å². The van der Waals surface area contributed by atoms with Crippen LogP contribution in [0.15, 0.2) is 73.1 Å². The van der Waals surface area contributed by atoms with E-state index in [0.29, 0.717) is 5.13 Å². The molecule has 3 N–H and O–H groups in total. The molecular weight excluding hydrogens is 406 g/mol. The number of hydrogen-bond acceptors (Lipinski definition) is 4. The number of carbonyl (C=O) groups excluding carboxylic acids is 1. The molecule has 0 saturated carbocycles. The van der Waals surface area contributed by atoms with E-state index in [4.69, 9.17) is 0 Å². The van der Waals surface area contributed by atoms with E-state index in [9.17, 15) is 4.79 Å². The summed E-state index contributed by atoms with van der Waals surface area (Å²) in [5.41, 5.74) is 3.29. The molecule has 31 heavy (non-hydrogen) atoms. The van der Waals surface area contributed by atoms with Crippen LogP contribution in [0.5, 0.6) is 0 Å². The molecule has 0 fully saturated rings. The van der Waals surface area contributed by atoms with Gasteiger partial charge in [-0.2, -0.15) is 0 Å². The molecule has 0 saturated heterocycles. The number of rotatable bonds is 8. The number of nitrogens with one attached hydrogen (secondary N) is 3. The van der Waals surface area contributed by atoms with Gasteiger partial charge in [-0.1, -0.05) is 67.6 Å². The lowest BCUT2D eigenvalue weighted by molar-refractivity contribution is 0.247. The third kappa shape index (κ3) is 5.58. The molecule has 2 amide bonds. The zero-order valence-corrected chi connectivity index (χ0v) is 18.2. The van der Waals surface area contributed by atoms with Crippen molar-refractivity contribution in [3.8, 4) is 11.3 Å². The molecule has 1 atom stereocenters. The Hall–Kier alpha value is -3.45. The molecule has 2 heterocycles. The Morgan fingerprint density at radius 3 is 2.48 bits per heavy atom. The van der Waals surface area contributed by atoms with Gasteiger partial charge in [0.05, 0.1) is 17.9 Å². The SMILES string of the molecule is CCC(NC(=O)Nc1ncc(CCc2ccccc2)s1)c1ncc(-c2ccccc2)[nH]1. The standard InChI is InChI=1S/C24H25N5OS/c1-2-20(22-25-16-21(27-22)18-11-7-4-8-12-18)28-23(30)29-24-26-15-19(31-24)14-13-17-9-5-3-6-10-17/h3-12,15-16,20H,2,13-14H2,1H3,(H,25,27)(H2,26,28,29,30). The number of H-pyrrole nitrogens is 1. The van der Waals surface area contributed by atoms with Crippen molar-refractivity contribution in [3.63, 3.8) is 0 Å². The van der Waals surface area contributed by atoms with Crippen LogP contribution in [-0.2, 0) is 12.8 Å². The molecule has 2 aromatic heterocycles. The minimum atomic E-state index is -0.284. The second-order valence-electron chi connectivity index (χ2n) is 7.22. The molecule has 0 spiro atoms. The number of benzene rings is 2. The van der Waals surface area contributed by atoms with Gasteiger partial charge in [0.1, 0.15) is 5.82 Å². The smallest absolute Gasteiger partial charge is 0.321 e. The fourth-order valence-corrected chi connectivity index (χ4v) is 4.13. The van der Waals surface area contributed by atoms with Crippen molar-refractivity contribution in [2.24, 2.45) is 0 Å².